The van der Waals surface area contributed by atoms with Gasteiger partial charge in [-0.25, -0.2) is 9.97 Å². The zero-order chi connectivity index (χ0) is 10.7. The van der Waals surface area contributed by atoms with E-state index in [1.165, 1.54) is 0 Å². The SMILES string of the molecule is CCC(C)c1nc(C)c(OC)c(Cl)n1. The maximum absolute atomic E-state index is 5.96. The normalized spacial score (nSPS) is 12.6. The Kier molecular flexibility index (Phi) is 3.69. The van der Waals surface area contributed by atoms with Gasteiger partial charge in [-0.15, -0.1) is 0 Å². The van der Waals surface area contributed by atoms with E-state index in [-0.39, 0.29) is 0 Å². The van der Waals surface area contributed by atoms with Crippen LogP contribution in [0.5, 0.6) is 5.75 Å². The molecule has 4 heteroatoms. The molecule has 0 aromatic carbocycles. The molecule has 1 aromatic heterocycles. The Hall–Kier alpha value is -0.830. The summed E-state index contributed by atoms with van der Waals surface area (Å²) >= 11 is 5.96. The molecule has 0 saturated heterocycles. The fourth-order valence-electron chi connectivity index (χ4n) is 1.18. The van der Waals surface area contributed by atoms with Gasteiger partial charge in [0.25, 0.3) is 0 Å². The molecule has 1 atom stereocenters. The number of rotatable bonds is 3. The van der Waals surface area contributed by atoms with Crippen LogP contribution < -0.4 is 4.74 Å². The summed E-state index contributed by atoms with van der Waals surface area (Å²) in [4.78, 5) is 8.56. The predicted octanol–water partition coefficient (Wildman–Crippen LogP) is 2.96. The van der Waals surface area contributed by atoms with E-state index >= 15 is 0 Å². The van der Waals surface area contributed by atoms with Gasteiger partial charge in [0.2, 0.25) is 0 Å². The van der Waals surface area contributed by atoms with Crippen molar-refractivity contribution in [1.29, 1.82) is 0 Å². The molecule has 0 radical (unpaired) electrons. The van der Waals surface area contributed by atoms with Gasteiger partial charge in [0.15, 0.2) is 10.9 Å². The highest BCUT2D eigenvalue weighted by Gasteiger charge is 2.13. The van der Waals surface area contributed by atoms with Crippen LogP contribution in [0.25, 0.3) is 0 Å². The minimum atomic E-state index is 0.331. The molecule has 1 rings (SSSR count). The summed E-state index contributed by atoms with van der Waals surface area (Å²) in [5.41, 5.74) is 0.794. The third-order valence-corrected chi connectivity index (χ3v) is 2.52. The Balaban J connectivity index is 3.13. The van der Waals surface area contributed by atoms with Gasteiger partial charge >= 0.3 is 0 Å². The van der Waals surface area contributed by atoms with Crippen LogP contribution >= 0.6 is 11.6 Å². The monoisotopic (exact) mass is 214 g/mol. The smallest absolute Gasteiger partial charge is 0.177 e. The second-order valence-corrected chi connectivity index (χ2v) is 3.66. The van der Waals surface area contributed by atoms with Crippen LogP contribution in [0.4, 0.5) is 0 Å². The second-order valence-electron chi connectivity index (χ2n) is 3.30. The molecule has 0 saturated carbocycles. The first-order chi connectivity index (χ1) is 6.60. The van der Waals surface area contributed by atoms with Crippen LogP contribution in [0, 0.1) is 6.92 Å². The van der Waals surface area contributed by atoms with E-state index < -0.39 is 0 Å². The Morgan fingerprint density at radius 3 is 2.50 bits per heavy atom. The van der Waals surface area contributed by atoms with Crippen molar-refractivity contribution < 1.29 is 4.74 Å². The van der Waals surface area contributed by atoms with Crippen LogP contribution in [-0.4, -0.2) is 17.1 Å². The summed E-state index contributed by atoms with van der Waals surface area (Å²) in [5, 5.41) is 0.398. The molecular formula is C10H15ClN2O. The number of hydrogen-bond donors (Lipinski definition) is 0. The summed E-state index contributed by atoms with van der Waals surface area (Å²) in [6.07, 6.45) is 1.00. The lowest BCUT2D eigenvalue weighted by Gasteiger charge is -2.11. The molecule has 1 unspecified atom stereocenters. The van der Waals surface area contributed by atoms with Crippen molar-refractivity contribution in [3.8, 4) is 5.75 Å². The summed E-state index contributed by atoms with van der Waals surface area (Å²) in [6, 6.07) is 0. The fourth-order valence-corrected chi connectivity index (χ4v) is 1.48. The minimum absolute atomic E-state index is 0.331. The second kappa shape index (κ2) is 4.60. The van der Waals surface area contributed by atoms with Crippen molar-refractivity contribution in [3.63, 3.8) is 0 Å². The summed E-state index contributed by atoms with van der Waals surface area (Å²) in [7, 11) is 1.57. The van der Waals surface area contributed by atoms with Crippen molar-refractivity contribution in [2.24, 2.45) is 0 Å². The molecular weight excluding hydrogens is 200 g/mol. The van der Waals surface area contributed by atoms with E-state index in [1.54, 1.807) is 7.11 Å². The third kappa shape index (κ3) is 2.15. The van der Waals surface area contributed by atoms with Gasteiger partial charge in [-0.05, 0) is 13.3 Å². The summed E-state index contributed by atoms with van der Waals surface area (Å²) < 4.78 is 5.09. The Morgan fingerprint density at radius 2 is 2.07 bits per heavy atom. The zero-order valence-electron chi connectivity index (χ0n) is 8.97. The average Bonchev–Trinajstić information content (AvgIpc) is 2.16. The first kappa shape index (κ1) is 11.2. The quantitative estimate of drug-likeness (QED) is 0.726. The maximum atomic E-state index is 5.96. The van der Waals surface area contributed by atoms with Crippen molar-refractivity contribution in [1.82, 2.24) is 9.97 Å². The van der Waals surface area contributed by atoms with Crippen LogP contribution in [0.2, 0.25) is 5.15 Å². The molecule has 0 aliphatic rings. The van der Waals surface area contributed by atoms with Gasteiger partial charge in [0.05, 0.1) is 12.8 Å². The number of hydrogen-bond acceptors (Lipinski definition) is 3. The molecule has 0 amide bonds. The molecule has 3 nitrogen and oxygen atoms in total. The van der Waals surface area contributed by atoms with Crippen LogP contribution in [-0.2, 0) is 0 Å². The highest BCUT2D eigenvalue weighted by atomic mass is 35.5. The molecule has 0 aliphatic carbocycles. The largest absolute Gasteiger partial charge is 0.492 e. The third-order valence-electron chi connectivity index (χ3n) is 2.27. The van der Waals surface area contributed by atoms with Gasteiger partial charge in [0, 0.05) is 5.92 Å². The van der Waals surface area contributed by atoms with Gasteiger partial charge in [-0.1, -0.05) is 25.4 Å². The van der Waals surface area contributed by atoms with E-state index in [0.29, 0.717) is 16.8 Å². The van der Waals surface area contributed by atoms with E-state index in [4.69, 9.17) is 16.3 Å². The average molecular weight is 215 g/mol. The Bertz CT molecular complexity index is 305. The van der Waals surface area contributed by atoms with Crippen molar-refractivity contribution in [2.75, 3.05) is 7.11 Å². The molecule has 1 aromatic rings. The van der Waals surface area contributed by atoms with Crippen molar-refractivity contribution >= 4 is 11.6 Å². The van der Waals surface area contributed by atoms with Gasteiger partial charge in [0.1, 0.15) is 5.82 Å². The van der Waals surface area contributed by atoms with Gasteiger partial charge < -0.3 is 4.74 Å². The van der Waals surface area contributed by atoms with E-state index in [0.717, 1.165) is 17.9 Å². The number of aryl methyl sites for hydroxylation is 1. The maximum Gasteiger partial charge on any atom is 0.177 e. The molecule has 78 valence electrons. The van der Waals surface area contributed by atoms with Gasteiger partial charge in [-0.2, -0.15) is 0 Å². The van der Waals surface area contributed by atoms with E-state index in [2.05, 4.69) is 23.8 Å². The molecule has 14 heavy (non-hydrogen) atoms. The molecule has 0 spiro atoms. The lowest BCUT2D eigenvalue weighted by Crippen LogP contribution is -2.04. The molecule has 0 bridgehead atoms. The molecule has 0 N–H and O–H groups in total. The van der Waals surface area contributed by atoms with Crippen LogP contribution in [0.1, 0.15) is 37.7 Å². The summed E-state index contributed by atoms with van der Waals surface area (Å²) in [5.74, 6) is 1.69. The number of methoxy groups -OCH3 is 1. The minimum Gasteiger partial charge on any atom is -0.492 e. The number of ether oxygens (including phenoxy) is 1. The molecule has 1 heterocycles. The lowest BCUT2D eigenvalue weighted by molar-refractivity contribution is 0.405. The summed E-state index contributed by atoms with van der Waals surface area (Å²) in [6.45, 7) is 6.05. The number of halogens is 1. The highest BCUT2D eigenvalue weighted by Crippen LogP contribution is 2.27. The Labute approximate surface area is 89.5 Å². The van der Waals surface area contributed by atoms with Crippen molar-refractivity contribution in [3.05, 3.63) is 16.7 Å². The first-order valence-corrected chi connectivity index (χ1v) is 5.06. The molecule has 0 aliphatic heterocycles. The standard InChI is InChI=1S/C10H15ClN2O/c1-5-6(2)10-12-7(3)8(14-4)9(11)13-10/h6H,5H2,1-4H3. The topological polar surface area (TPSA) is 35.0 Å². The number of nitrogens with zero attached hydrogens (tertiary/aromatic N) is 2. The van der Waals surface area contributed by atoms with Crippen molar-refractivity contribution in [2.45, 2.75) is 33.1 Å². The van der Waals surface area contributed by atoms with Crippen LogP contribution in [0.3, 0.4) is 0 Å². The highest BCUT2D eigenvalue weighted by molar-refractivity contribution is 6.30. The van der Waals surface area contributed by atoms with E-state index in [1.807, 2.05) is 6.92 Å². The van der Waals surface area contributed by atoms with E-state index in [9.17, 15) is 0 Å². The molecule has 0 fully saturated rings. The zero-order valence-corrected chi connectivity index (χ0v) is 9.72. The number of aromatic nitrogens is 2. The first-order valence-electron chi connectivity index (χ1n) is 4.68. The fraction of sp³-hybridized carbons (Fsp3) is 0.600. The van der Waals surface area contributed by atoms with Crippen LogP contribution in [0.15, 0.2) is 0 Å². The predicted molar refractivity (Wildman–Crippen MR) is 57.0 cm³/mol. The van der Waals surface area contributed by atoms with Gasteiger partial charge in [-0.3, -0.25) is 0 Å². The Morgan fingerprint density at radius 1 is 1.43 bits per heavy atom. The lowest BCUT2D eigenvalue weighted by atomic mass is 10.1.